The molecule has 0 bridgehead atoms. The van der Waals surface area contributed by atoms with Gasteiger partial charge in [-0.15, -0.1) is 10.2 Å². The van der Waals surface area contributed by atoms with Crippen LogP contribution in [0, 0.1) is 6.92 Å². The zero-order valence-corrected chi connectivity index (χ0v) is 17.7. The highest BCUT2D eigenvalue weighted by Crippen LogP contribution is 2.29. The Balaban J connectivity index is 1.64. The van der Waals surface area contributed by atoms with Crippen molar-refractivity contribution in [2.45, 2.75) is 50.6 Å². The van der Waals surface area contributed by atoms with E-state index in [0.29, 0.717) is 24.0 Å². The summed E-state index contributed by atoms with van der Waals surface area (Å²) in [7, 11) is 0. The van der Waals surface area contributed by atoms with E-state index in [2.05, 4.69) is 69.9 Å². The van der Waals surface area contributed by atoms with E-state index in [-0.39, 0.29) is 5.41 Å². The third-order valence-electron chi connectivity index (χ3n) is 4.51. The van der Waals surface area contributed by atoms with Crippen molar-refractivity contribution < 1.29 is 8.94 Å². The van der Waals surface area contributed by atoms with E-state index in [4.69, 9.17) is 8.94 Å². The standard InChI is InChI=1S/C21H23N5O2S/c1-14-22-18(28-25-14)13-29-20-24-23-19(26(20)12-17-6-5-11-27-17)15-7-9-16(10-8-15)21(2,3)4/h5-11H,12-13H2,1-4H3. The van der Waals surface area contributed by atoms with Crippen LogP contribution in [0.25, 0.3) is 11.4 Å². The number of thioether (sulfide) groups is 1. The molecule has 0 aliphatic rings. The van der Waals surface area contributed by atoms with Crippen LogP contribution in [-0.4, -0.2) is 24.9 Å². The smallest absolute Gasteiger partial charge is 0.237 e. The van der Waals surface area contributed by atoms with Gasteiger partial charge in [0.1, 0.15) is 5.76 Å². The molecule has 4 rings (SSSR count). The maximum Gasteiger partial charge on any atom is 0.237 e. The third kappa shape index (κ3) is 4.42. The van der Waals surface area contributed by atoms with E-state index in [1.807, 2.05) is 12.1 Å². The Kier molecular flexibility index (Phi) is 5.27. The number of hydrogen-bond acceptors (Lipinski definition) is 7. The zero-order valence-electron chi connectivity index (χ0n) is 16.9. The average Bonchev–Trinajstić information content (AvgIpc) is 3.42. The number of aryl methyl sites for hydroxylation is 1. The van der Waals surface area contributed by atoms with Crippen molar-refractivity contribution in [3.63, 3.8) is 0 Å². The summed E-state index contributed by atoms with van der Waals surface area (Å²) in [5.41, 5.74) is 2.39. The van der Waals surface area contributed by atoms with E-state index in [0.717, 1.165) is 22.3 Å². The normalized spacial score (nSPS) is 11.9. The van der Waals surface area contributed by atoms with Crippen molar-refractivity contribution in [1.82, 2.24) is 24.9 Å². The highest BCUT2D eigenvalue weighted by Gasteiger charge is 2.18. The molecule has 0 amide bonds. The molecule has 7 nitrogen and oxygen atoms in total. The van der Waals surface area contributed by atoms with Crippen molar-refractivity contribution in [3.05, 3.63) is 65.7 Å². The second kappa shape index (κ2) is 7.87. The van der Waals surface area contributed by atoms with Gasteiger partial charge in [-0.25, -0.2) is 0 Å². The fourth-order valence-corrected chi connectivity index (χ4v) is 3.73. The van der Waals surface area contributed by atoms with Crippen molar-refractivity contribution in [3.8, 4) is 11.4 Å². The first-order valence-electron chi connectivity index (χ1n) is 9.38. The lowest BCUT2D eigenvalue weighted by Crippen LogP contribution is -2.10. The number of aromatic nitrogens is 5. The van der Waals surface area contributed by atoms with Crippen LogP contribution in [0.15, 0.2) is 56.8 Å². The SMILES string of the molecule is Cc1noc(CSc2nnc(-c3ccc(C(C)(C)C)cc3)n2Cc2ccco2)n1. The monoisotopic (exact) mass is 409 g/mol. The largest absolute Gasteiger partial charge is 0.467 e. The Morgan fingerprint density at radius 2 is 1.86 bits per heavy atom. The molecular formula is C21H23N5O2S. The van der Waals surface area contributed by atoms with Crippen LogP contribution in [0.5, 0.6) is 0 Å². The Morgan fingerprint density at radius 3 is 2.48 bits per heavy atom. The first-order chi connectivity index (χ1) is 13.9. The molecule has 0 aliphatic carbocycles. The van der Waals surface area contributed by atoms with Gasteiger partial charge < -0.3 is 8.94 Å². The van der Waals surface area contributed by atoms with Gasteiger partial charge in [-0.05, 0) is 30.0 Å². The van der Waals surface area contributed by atoms with Crippen molar-refractivity contribution >= 4 is 11.8 Å². The van der Waals surface area contributed by atoms with Gasteiger partial charge in [-0.2, -0.15) is 4.98 Å². The maximum atomic E-state index is 5.56. The van der Waals surface area contributed by atoms with Gasteiger partial charge in [-0.3, -0.25) is 4.57 Å². The van der Waals surface area contributed by atoms with E-state index in [9.17, 15) is 0 Å². The summed E-state index contributed by atoms with van der Waals surface area (Å²) in [5, 5.41) is 13.5. The Bertz CT molecular complexity index is 1080. The Morgan fingerprint density at radius 1 is 1.07 bits per heavy atom. The van der Waals surface area contributed by atoms with Crippen LogP contribution >= 0.6 is 11.8 Å². The minimum atomic E-state index is 0.101. The number of benzene rings is 1. The summed E-state index contributed by atoms with van der Waals surface area (Å²) < 4.78 is 12.8. The predicted octanol–water partition coefficient (Wildman–Crippen LogP) is 4.87. The highest BCUT2D eigenvalue weighted by atomic mass is 32.2. The molecule has 0 saturated heterocycles. The molecule has 0 spiro atoms. The van der Waals surface area contributed by atoms with Crippen molar-refractivity contribution in [2.24, 2.45) is 0 Å². The van der Waals surface area contributed by atoms with Gasteiger partial charge in [-0.1, -0.05) is 62.0 Å². The molecule has 0 N–H and O–H groups in total. The van der Waals surface area contributed by atoms with Crippen LogP contribution in [0.4, 0.5) is 0 Å². The Hall–Kier alpha value is -2.87. The van der Waals surface area contributed by atoms with Crippen LogP contribution in [0.3, 0.4) is 0 Å². The number of rotatable bonds is 6. The molecule has 0 aliphatic heterocycles. The number of nitrogens with zero attached hydrogens (tertiary/aromatic N) is 5. The average molecular weight is 410 g/mol. The molecule has 0 fully saturated rings. The molecule has 3 heterocycles. The third-order valence-corrected chi connectivity index (χ3v) is 5.47. The predicted molar refractivity (Wildman–Crippen MR) is 111 cm³/mol. The van der Waals surface area contributed by atoms with E-state index in [1.165, 1.54) is 17.3 Å². The lowest BCUT2D eigenvalue weighted by Gasteiger charge is -2.19. The number of hydrogen-bond donors (Lipinski definition) is 0. The first-order valence-corrected chi connectivity index (χ1v) is 10.4. The summed E-state index contributed by atoms with van der Waals surface area (Å²) in [4.78, 5) is 4.25. The number of furan rings is 1. The molecule has 150 valence electrons. The minimum absolute atomic E-state index is 0.101. The van der Waals surface area contributed by atoms with Gasteiger partial charge in [0, 0.05) is 5.56 Å². The molecule has 1 aromatic carbocycles. The van der Waals surface area contributed by atoms with Gasteiger partial charge >= 0.3 is 0 Å². The van der Waals surface area contributed by atoms with E-state index < -0.39 is 0 Å². The molecule has 8 heteroatoms. The zero-order chi connectivity index (χ0) is 20.4. The van der Waals surface area contributed by atoms with Gasteiger partial charge in [0.15, 0.2) is 16.8 Å². The molecular weight excluding hydrogens is 386 g/mol. The molecule has 0 saturated carbocycles. The van der Waals surface area contributed by atoms with E-state index in [1.54, 1.807) is 13.2 Å². The first kappa shape index (κ1) is 19.4. The fourth-order valence-electron chi connectivity index (χ4n) is 2.95. The minimum Gasteiger partial charge on any atom is -0.467 e. The highest BCUT2D eigenvalue weighted by molar-refractivity contribution is 7.98. The van der Waals surface area contributed by atoms with E-state index >= 15 is 0 Å². The molecule has 29 heavy (non-hydrogen) atoms. The van der Waals surface area contributed by atoms with Gasteiger partial charge in [0.2, 0.25) is 5.89 Å². The summed E-state index contributed by atoms with van der Waals surface area (Å²) >= 11 is 1.51. The lowest BCUT2D eigenvalue weighted by molar-refractivity contribution is 0.387. The quantitative estimate of drug-likeness (QED) is 0.420. The molecule has 3 aromatic heterocycles. The fraction of sp³-hybridized carbons (Fsp3) is 0.333. The summed E-state index contributed by atoms with van der Waals surface area (Å²) in [6.07, 6.45) is 1.67. The summed E-state index contributed by atoms with van der Waals surface area (Å²) in [5.74, 6) is 3.35. The topological polar surface area (TPSA) is 82.8 Å². The maximum absolute atomic E-state index is 5.56. The van der Waals surface area contributed by atoms with Crippen molar-refractivity contribution in [1.29, 1.82) is 0 Å². The molecule has 0 unspecified atom stereocenters. The second-order valence-electron chi connectivity index (χ2n) is 7.82. The molecule has 4 aromatic rings. The second-order valence-corrected chi connectivity index (χ2v) is 8.77. The summed E-state index contributed by atoms with van der Waals surface area (Å²) in [6, 6.07) is 12.3. The summed E-state index contributed by atoms with van der Waals surface area (Å²) in [6.45, 7) is 8.96. The van der Waals surface area contributed by atoms with Crippen LogP contribution in [0.1, 0.15) is 43.8 Å². The molecule has 0 radical (unpaired) electrons. The Labute approximate surface area is 173 Å². The molecule has 0 atom stereocenters. The van der Waals surface area contributed by atoms with Crippen LogP contribution in [-0.2, 0) is 17.7 Å². The van der Waals surface area contributed by atoms with Crippen LogP contribution < -0.4 is 0 Å². The van der Waals surface area contributed by atoms with Crippen molar-refractivity contribution in [2.75, 3.05) is 0 Å². The lowest BCUT2D eigenvalue weighted by atomic mass is 9.87. The van der Waals surface area contributed by atoms with Gasteiger partial charge in [0.25, 0.3) is 0 Å². The van der Waals surface area contributed by atoms with Crippen LogP contribution in [0.2, 0.25) is 0 Å². The van der Waals surface area contributed by atoms with Gasteiger partial charge in [0.05, 0.1) is 18.6 Å².